The molecule has 8 nitrogen and oxygen atoms in total. The lowest BCUT2D eigenvalue weighted by Crippen LogP contribution is -2.22. The van der Waals surface area contributed by atoms with Crippen LogP contribution in [0.3, 0.4) is 0 Å². The maximum absolute atomic E-state index is 6.02. The van der Waals surface area contributed by atoms with E-state index in [-0.39, 0.29) is 0 Å². The molecule has 0 bridgehead atoms. The van der Waals surface area contributed by atoms with E-state index in [2.05, 4.69) is 25.7 Å². The SMILES string of the molecule is CN(C)Nc1ncnc(NCCCn2ccnc2)c1N. The average molecular weight is 276 g/mol. The van der Waals surface area contributed by atoms with Gasteiger partial charge in [0, 0.05) is 39.6 Å². The van der Waals surface area contributed by atoms with Gasteiger partial charge in [-0.05, 0) is 6.42 Å². The summed E-state index contributed by atoms with van der Waals surface area (Å²) in [6.45, 7) is 1.68. The lowest BCUT2D eigenvalue weighted by atomic mass is 10.4. The number of nitrogens with zero attached hydrogens (tertiary/aromatic N) is 5. The van der Waals surface area contributed by atoms with E-state index in [4.69, 9.17) is 5.73 Å². The molecule has 0 aliphatic rings. The Morgan fingerprint density at radius 1 is 1.30 bits per heavy atom. The first kappa shape index (κ1) is 14.1. The van der Waals surface area contributed by atoms with Gasteiger partial charge in [-0.2, -0.15) is 0 Å². The Kier molecular flexibility index (Phi) is 4.72. The maximum atomic E-state index is 6.02. The number of nitrogens with one attached hydrogen (secondary N) is 2. The lowest BCUT2D eigenvalue weighted by Gasteiger charge is -2.16. The molecule has 0 aliphatic heterocycles. The lowest BCUT2D eigenvalue weighted by molar-refractivity contribution is 0.492. The molecule has 0 aliphatic carbocycles. The largest absolute Gasteiger partial charge is 0.393 e. The Hall–Kier alpha value is -2.35. The fourth-order valence-electron chi connectivity index (χ4n) is 1.72. The third kappa shape index (κ3) is 3.82. The molecular weight excluding hydrogens is 256 g/mol. The number of anilines is 3. The molecule has 0 unspecified atom stereocenters. The zero-order valence-electron chi connectivity index (χ0n) is 11.7. The number of rotatable bonds is 7. The number of aryl methyl sites for hydroxylation is 1. The van der Waals surface area contributed by atoms with Gasteiger partial charge in [-0.25, -0.2) is 20.0 Å². The predicted octanol–water partition coefficient (Wildman–Crippen LogP) is 0.646. The third-order valence-corrected chi connectivity index (χ3v) is 2.66. The van der Waals surface area contributed by atoms with Crippen molar-refractivity contribution in [2.75, 3.05) is 37.1 Å². The minimum atomic E-state index is 0.517. The molecule has 8 heteroatoms. The van der Waals surface area contributed by atoms with E-state index in [0.29, 0.717) is 17.3 Å². The fraction of sp³-hybridized carbons (Fsp3) is 0.417. The summed E-state index contributed by atoms with van der Waals surface area (Å²) in [5.41, 5.74) is 9.57. The van der Waals surface area contributed by atoms with Gasteiger partial charge in [-0.1, -0.05) is 0 Å². The second-order valence-electron chi connectivity index (χ2n) is 4.57. The number of imidazole rings is 1. The smallest absolute Gasteiger partial charge is 0.169 e. The second kappa shape index (κ2) is 6.71. The van der Waals surface area contributed by atoms with Crippen molar-refractivity contribution in [3.05, 3.63) is 25.0 Å². The third-order valence-electron chi connectivity index (χ3n) is 2.66. The number of hydrogen-bond acceptors (Lipinski definition) is 7. The normalized spacial score (nSPS) is 10.8. The van der Waals surface area contributed by atoms with E-state index in [1.807, 2.05) is 24.9 Å². The van der Waals surface area contributed by atoms with Gasteiger partial charge in [-0.3, -0.25) is 0 Å². The Labute approximate surface area is 118 Å². The Morgan fingerprint density at radius 3 is 2.80 bits per heavy atom. The second-order valence-corrected chi connectivity index (χ2v) is 4.57. The highest BCUT2D eigenvalue weighted by molar-refractivity contribution is 5.73. The van der Waals surface area contributed by atoms with Crippen LogP contribution in [-0.4, -0.2) is 45.2 Å². The standard InChI is InChI=1S/C12H20N8/c1-19(2)18-12-10(13)11(16-8-17-12)15-4-3-6-20-7-5-14-9-20/h5,7-9H,3-4,6,13H2,1-2H3,(H2,15,16,17,18). The molecule has 2 heterocycles. The zero-order chi connectivity index (χ0) is 14.4. The summed E-state index contributed by atoms with van der Waals surface area (Å²) in [5.74, 6) is 1.25. The molecule has 0 atom stereocenters. The molecule has 20 heavy (non-hydrogen) atoms. The topological polar surface area (TPSA) is 96.9 Å². The molecule has 2 aromatic heterocycles. The van der Waals surface area contributed by atoms with E-state index in [1.54, 1.807) is 17.5 Å². The fourth-order valence-corrected chi connectivity index (χ4v) is 1.72. The van der Waals surface area contributed by atoms with Crippen LogP contribution >= 0.6 is 0 Å². The van der Waals surface area contributed by atoms with Crippen molar-refractivity contribution in [3.63, 3.8) is 0 Å². The number of hydrogen-bond donors (Lipinski definition) is 3. The monoisotopic (exact) mass is 276 g/mol. The number of nitrogens with two attached hydrogens (primary N) is 1. The number of hydrazine groups is 1. The minimum Gasteiger partial charge on any atom is -0.393 e. The van der Waals surface area contributed by atoms with Crippen LogP contribution in [0.2, 0.25) is 0 Å². The molecule has 0 radical (unpaired) electrons. The summed E-state index contributed by atoms with van der Waals surface area (Å²) in [7, 11) is 3.75. The van der Waals surface area contributed by atoms with Crippen molar-refractivity contribution in [1.82, 2.24) is 24.5 Å². The first-order chi connectivity index (χ1) is 9.66. The van der Waals surface area contributed by atoms with Gasteiger partial charge in [0.2, 0.25) is 0 Å². The zero-order valence-corrected chi connectivity index (χ0v) is 11.7. The van der Waals surface area contributed by atoms with Crippen molar-refractivity contribution < 1.29 is 0 Å². The van der Waals surface area contributed by atoms with Crippen LogP contribution in [0.15, 0.2) is 25.0 Å². The van der Waals surface area contributed by atoms with E-state index in [1.165, 1.54) is 6.33 Å². The molecule has 4 N–H and O–H groups in total. The molecule has 2 aromatic rings. The van der Waals surface area contributed by atoms with Crippen molar-refractivity contribution >= 4 is 17.3 Å². The van der Waals surface area contributed by atoms with Crippen LogP contribution in [0.5, 0.6) is 0 Å². The van der Waals surface area contributed by atoms with Gasteiger partial charge in [0.1, 0.15) is 12.0 Å². The molecule has 0 fully saturated rings. The van der Waals surface area contributed by atoms with Gasteiger partial charge in [0.05, 0.1) is 6.33 Å². The summed E-state index contributed by atoms with van der Waals surface area (Å²) in [5, 5.41) is 5.00. The summed E-state index contributed by atoms with van der Waals surface area (Å²) < 4.78 is 2.03. The van der Waals surface area contributed by atoms with E-state index in [0.717, 1.165) is 19.5 Å². The van der Waals surface area contributed by atoms with Gasteiger partial charge >= 0.3 is 0 Å². The number of aromatic nitrogens is 4. The molecule has 0 aromatic carbocycles. The van der Waals surface area contributed by atoms with Gasteiger partial charge in [-0.15, -0.1) is 0 Å². The van der Waals surface area contributed by atoms with Crippen LogP contribution < -0.4 is 16.5 Å². The van der Waals surface area contributed by atoms with Crippen LogP contribution in [0, 0.1) is 0 Å². The van der Waals surface area contributed by atoms with Gasteiger partial charge in [0.25, 0.3) is 0 Å². The Morgan fingerprint density at radius 2 is 2.10 bits per heavy atom. The van der Waals surface area contributed by atoms with E-state index in [9.17, 15) is 0 Å². The maximum Gasteiger partial charge on any atom is 0.169 e. The molecular formula is C12H20N8. The van der Waals surface area contributed by atoms with E-state index >= 15 is 0 Å². The molecule has 0 saturated heterocycles. The van der Waals surface area contributed by atoms with Crippen LogP contribution in [0.4, 0.5) is 17.3 Å². The molecule has 2 rings (SSSR count). The highest BCUT2D eigenvalue weighted by Gasteiger charge is 2.07. The summed E-state index contributed by atoms with van der Waals surface area (Å²) >= 11 is 0. The quantitative estimate of drug-likeness (QED) is 0.504. The van der Waals surface area contributed by atoms with E-state index < -0.39 is 0 Å². The van der Waals surface area contributed by atoms with Crippen molar-refractivity contribution in [1.29, 1.82) is 0 Å². The Balaban J connectivity index is 1.86. The van der Waals surface area contributed by atoms with Gasteiger partial charge in [0.15, 0.2) is 11.6 Å². The number of nitrogen functional groups attached to an aromatic ring is 1. The summed E-state index contributed by atoms with van der Waals surface area (Å²) in [6.07, 6.45) is 7.96. The van der Waals surface area contributed by atoms with Crippen LogP contribution in [0.1, 0.15) is 6.42 Å². The van der Waals surface area contributed by atoms with Crippen LogP contribution in [0.25, 0.3) is 0 Å². The van der Waals surface area contributed by atoms with Crippen LogP contribution in [-0.2, 0) is 6.54 Å². The van der Waals surface area contributed by atoms with Crippen molar-refractivity contribution in [3.8, 4) is 0 Å². The van der Waals surface area contributed by atoms with Gasteiger partial charge < -0.3 is 21.0 Å². The first-order valence-electron chi connectivity index (χ1n) is 6.41. The average Bonchev–Trinajstić information content (AvgIpc) is 2.91. The highest BCUT2D eigenvalue weighted by atomic mass is 15.5. The Bertz CT molecular complexity index is 522. The summed E-state index contributed by atoms with van der Waals surface area (Å²) in [6, 6.07) is 0. The molecule has 0 amide bonds. The molecule has 0 spiro atoms. The summed E-state index contributed by atoms with van der Waals surface area (Å²) in [4.78, 5) is 12.3. The highest BCUT2D eigenvalue weighted by Crippen LogP contribution is 2.22. The molecule has 108 valence electrons. The first-order valence-corrected chi connectivity index (χ1v) is 6.41. The molecule has 0 saturated carbocycles. The van der Waals surface area contributed by atoms with Crippen molar-refractivity contribution in [2.45, 2.75) is 13.0 Å². The minimum absolute atomic E-state index is 0.517. The van der Waals surface area contributed by atoms with Crippen molar-refractivity contribution in [2.24, 2.45) is 0 Å². The predicted molar refractivity (Wildman–Crippen MR) is 79.1 cm³/mol.